The third-order valence-electron chi connectivity index (χ3n) is 4.16. The molecule has 28 heavy (non-hydrogen) atoms. The van der Waals surface area contributed by atoms with Crippen LogP contribution in [0.3, 0.4) is 0 Å². The van der Waals surface area contributed by atoms with Gasteiger partial charge in [-0.2, -0.15) is 13.2 Å². The third kappa shape index (κ3) is 6.07. The van der Waals surface area contributed by atoms with E-state index in [1.54, 1.807) is 25.1 Å². The number of benzene rings is 2. The number of anilines is 1. The minimum absolute atomic E-state index is 0.0447. The van der Waals surface area contributed by atoms with Crippen LogP contribution in [0.25, 0.3) is 0 Å². The van der Waals surface area contributed by atoms with E-state index in [4.69, 9.17) is 5.14 Å². The van der Waals surface area contributed by atoms with Crippen molar-refractivity contribution in [1.82, 2.24) is 0 Å². The lowest BCUT2D eigenvalue weighted by Gasteiger charge is -2.11. The van der Waals surface area contributed by atoms with Crippen LogP contribution in [0.15, 0.2) is 47.4 Å². The van der Waals surface area contributed by atoms with Crippen LogP contribution in [0.4, 0.5) is 18.9 Å². The summed E-state index contributed by atoms with van der Waals surface area (Å²) in [5.41, 5.74) is 0.614. The summed E-state index contributed by atoms with van der Waals surface area (Å²) in [4.78, 5) is 12.0. The second-order valence-electron chi connectivity index (χ2n) is 6.32. The fourth-order valence-corrected chi connectivity index (χ4v) is 3.64. The van der Waals surface area contributed by atoms with Crippen LogP contribution in [0.1, 0.15) is 36.5 Å². The summed E-state index contributed by atoms with van der Waals surface area (Å²) in [5, 5.41) is 7.79. The van der Waals surface area contributed by atoms with Crippen LogP contribution in [0.5, 0.6) is 0 Å². The highest BCUT2D eigenvalue weighted by Crippen LogP contribution is 2.29. The highest BCUT2D eigenvalue weighted by Gasteiger charge is 2.30. The summed E-state index contributed by atoms with van der Waals surface area (Å²) in [7, 11) is -3.92. The molecule has 0 radical (unpaired) electrons. The molecule has 0 aliphatic heterocycles. The molecular formula is C19H21F3N2O3S. The number of nitrogens with two attached hydrogens (primary N) is 1. The Kier molecular flexibility index (Phi) is 6.84. The fraction of sp³-hybridized carbons (Fsp3) is 0.316. The molecule has 9 heteroatoms. The number of primary sulfonamides is 1. The first-order chi connectivity index (χ1) is 13.0. The lowest BCUT2D eigenvalue weighted by Crippen LogP contribution is -2.16. The van der Waals surface area contributed by atoms with E-state index < -0.39 is 21.8 Å². The van der Waals surface area contributed by atoms with Crippen molar-refractivity contribution in [3.63, 3.8) is 0 Å². The van der Waals surface area contributed by atoms with Crippen molar-refractivity contribution in [2.24, 2.45) is 5.14 Å². The Hall–Kier alpha value is -2.39. The zero-order chi connectivity index (χ0) is 20.9. The van der Waals surface area contributed by atoms with Crippen molar-refractivity contribution < 1.29 is 26.4 Å². The molecule has 3 N–H and O–H groups in total. The van der Waals surface area contributed by atoms with Gasteiger partial charge in [0.1, 0.15) is 0 Å². The first-order valence-electron chi connectivity index (χ1n) is 8.62. The number of sulfonamides is 1. The topological polar surface area (TPSA) is 89.3 Å². The Morgan fingerprint density at radius 1 is 1.14 bits per heavy atom. The molecule has 2 aromatic rings. The smallest absolute Gasteiger partial charge is 0.326 e. The van der Waals surface area contributed by atoms with Crippen LogP contribution < -0.4 is 10.5 Å². The van der Waals surface area contributed by atoms with Crippen molar-refractivity contribution in [3.05, 3.63) is 59.2 Å². The number of alkyl halides is 3. The summed E-state index contributed by atoms with van der Waals surface area (Å²) in [6, 6.07) is 9.45. The normalized spacial score (nSPS) is 12.0. The first kappa shape index (κ1) is 21.9. The molecule has 0 aliphatic rings. The molecule has 0 aromatic heterocycles. The second kappa shape index (κ2) is 8.74. The highest BCUT2D eigenvalue weighted by atomic mass is 32.2. The summed E-state index contributed by atoms with van der Waals surface area (Å²) in [6.45, 7) is 1.79. The summed E-state index contributed by atoms with van der Waals surface area (Å²) in [5.74, 6) is -0.364. The van der Waals surface area contributed by atoms with Gasteiger partial charge >= 0.3 is 6.18 Å². The maximum atomic E-state index is 12.7. The minimum Gasteiger partial charge on any atom is -0.326 e. The van der Waals surface area contributed by atoms with Crippen LogP contribution in [0, 0.1) is 0 Å². The van der Waals surface area contributed by atoms with Gasteiger partial charge in [-0.05, 0) is 48.6 Å². The maximum absolute atomic E-state index is 12.7. The summed E-state index contributed by atoms with van der Waals surface area (Å²) >= 11 is 0. The van der Waals surface area contributed by atoms with Crippen LogP contribution in [0.2, 0.25) is 0 Å². The maximum Gasteiger partial charge on any atom is 0.416 e. The molecule has 2 aromatic carbocycles. The molecule has 0 spiro atoms. The third-order valence-corrected chi connectivity index (χ3v) is 5.16. The number of carbonyl (C=O) groups is 1. The summed E-state index contributed by atoms with van der Waals surface area (Å²) in [6.07, 6.45) is -3.19. The number of hydrogen-bond acceptors (Lipinski definition) is 3. The number of aryl methyl sites for hydroxylation is 2. The number of carbonyl (C=O) groups excluding carboxylic acids is 1. The molecule has 0 fully saturated rings. The number of amides is 1. The number of hydrogen-bond donors (Lipinski definition) is 2. The Bertz CT molecular complexity index is 957. The van der Waals surface area contributed by atoms with Crippen molar-refractivity contribution in [2.75, 3.05) is 5.32 Å². The van der Waals surface area contributed by atoms with E-state index >= 15 is 0 Å². The van der Waals surface area contributed by atoms with Crippen LogP contribution >= 0.6 is 0 Å². The van der Waals surface area contributed by atoms with E-state index in [9.17, 15) is 26.4 Å². The van der Waals surface area contributed by atoms with Gasteiger partial charge in [0.25, 0.3) is 0 Å². The monoisotopic (exact) mass is 414 g/mol. The number of rotatable bonds is 7. The van der Waals surface area contributed by atoms with E-state index in [2.05, 4.69) is 5.32 Å². The zero-order valence-corrected chi connectivity index (χ0v) is 16.0. The molecule has 1 amide bonds. The Morgan fingerprint density at radius 3 is 2.46 bits per heavy atom. The molecule has 0 bridgehead atoms. The van der Waals surface area contributed by atoms with E-state index in [1.165, 1.54) is 12.1 Å². The van der Waals surface area contributed by atoms with Gasteiger partial charge in [-0.15, -0.1) is 0 Å². The molecular weight excluding hydrogens is 393 g/mol. The fourth-order valence-electron chi connectivity index (χ4n) is 2.77. The Balaban J connectivity index is 1.97. The average molecular weight is 414 g/mol. The molecule has 5 nitrogen and oxygen atoms in total. The zero-order valence-electron chi connectivity index (χ0n) is 15.2. The predicted molar refractivity (Wildman–Crippen MR) is 100 cm³/mol. The highest BCUT2D eigenvalue weighted by molar-refractivity contribution is 7.89. The van der Waals surface area contributed by atoms with Gasteiger partial charge in [0.05, 0.1) is 10.5 Å². The second-order valence-corrected chi connectivity index (χ2v) is 7.85. The lowest BCUT2D eigenvalue weighted by molar-refractivity contribution is -0.137. The van der Waals surface area contributed by atoms with Gasteiger partial charge in [-0.3, -0.25) is 4.79 Å². The Labute approximate surface area is 161 Å². The van der Waals surface area contributed by atoms with Crippen LogP contribution in [-0.4, -0.2) is 14.3 Å². The first-order valence-corrected chi connectivity index (χ1v) is 10.2. The average Bonchev–Trinajstić information content (AvgIpc) is 2.60. The minimum atomic E-state index is -4.40. The largest absolute Gasteiger partial charge is 0.416 e. The lowest BCUT2D eigenvalue weighted by atomic mass is 10.0. The molecule has 0 saturated heterocycles. The Morgan fingerprint density at radius 2 is 1.86 bits per heavy atom. The van der Waals surface area contributed by atoms with E-state index in [-0.39, 0.29) is 17.2 Å². The molecule has 2 rings (SSSR count). The quantitative estimate of drug-likeness (QED) is 0.721. The SMILES string of the molecule is CCc1ccc(NC(=O)CCCc2cccc(C(F)(F)F)c2)cc1S(N)(=O)=O. The van der Waals surface area contributed by atoms with Gasteiger partial charge < -0.3 is 5.32 Å². The van der Waals surface area contributed by atoms with E-state index in [0.29, 0.717) is 36.1 Å². The molecule has 152 valence electrons. The molecule has 0 saturated carbocycles. The van der Waals surface area contributed by atoms with Crippen LogP contribution in [-0.2, 0) is 33.8 Å². The van der Waals surface area contributed by atoms with Crippen molar-refractivity contribution in [1.29, 1.82) is 0 Å². The van der Waals surface area contributed by atoms with E-state index in [1.807, 2.05) is 0 Å². The molecule has 0 heterocycles. The molecule has 0 unspecified atom stereocenters. The van der Waals surface area contributed by atoms with Crippen molar-refractivity contribution >= 4 is 21.6 Å². The van der Waals surface area contributed by atoms with Gasteiger partial charge in [0, 0.05) is 12.1 Å². The van der Waals surface area contributed by atoms with Gasteiger partial charge in [0.2, 0.25) is 15.9 Å². The standard InChI is InChI=1S/C19H21F3N2O3S/c1-2-14-9-10-16(12-17(14)28(23,26)27)24-18(25)8-4-6-13-5-3-7-15(11-13)19(20,21)22/h3,5,7,9-12H,2,4,6,8H2,1H3,(H,24,25)(H2,23,26,27). The van der Waals surface area contributed by atoms with Gasteiger partial charge in [-0.1, -0.05) is 31.2 Å². The van der Waals surface area contributed by atoms with Gasteiger partial charge in [-0.25, -0.2) is 13.6 Å². The van der Waals surface area contributed by atoms with E-state index in [0.717, 1.165) is 12.1 Å². The molecule has 0 atom stereocenters. The van der Waals surface area contributed by atoms with Gasteiger partial charge in [0.15, 0.2) is 0 Å². The number of nitrogens with one attached hydrogen (secondary N) is 1. The molecule has 0 aliphatic carbocycles. The van der Waals surface area contributed by atoms with Crippen molar-refractivity contribution in [2.45, 2.75) is 43.7 Å². The summed E-state index contributed by atoms with van der Waals surface area (Å²) < 4.78 is 61.5. The van der Waals surface area contributed by atoms with Crippen molar-refractivity contribution in [3.8, 4) is 0 Å². The predicted octanol–water partition coefficient (Wildman–Crippen LogP) is 3.88. The number of halogens is 3.